The molecular weight excluding hydrogens is 219 g/mol. The van der Waals surface area contributed by atoms with E-state index in [0.717, 1.165) is 17.3 Å². The summed E-state index contributed by atoms with van der Waals surface area (Å²) in [6.07, 6.45) is 0. The van der Waals surface area contributed by atoms with Gasteiger partial charge in [0.1, 0.15) is 11.6 Å². The number of halogens is 1. The van der Waals surface area contributed by atoms with Gasteiger partial charge in [0.05, 0.1) is 6.54 Å². The molecule has 17 heavy (non-hydrogen) atoms. The van der Waals surface area contributed by atoms with Crippen LogP contribution in [-0.2, 0) is 13.6 Å². The fourth-order valence-electron chi connectivity index (χ4n) is 1.54. The molecule has 0 atom stereocenters. The van der Waals surface area contributed by atoms with E-state index in [0.29, 0.717) is 12.1 Å². The van der Waals surface area contributed by atoms with Crippen LogP contribution in [0.1, 0.15) is 17.2 Å². The van der Waals surface area contributed by atoms with Crippen LogP contribution in [0.2, 0.25) is 0 Å². The summed E-state index contributed by atoms with van der Waals surface area (Å²) < 4.78 is 15.0. The summed E-state index contributed by atoms with van der Waals surface area (Å²) in [4.78, 5) is 0. The summed E-state index contributed by atoms with van der Waals surface area (Å²) in [7, 11) is 1.92. The standard InChI is InChI=1S/C12H15FN4/c1-8-6-10(4-5-11(8)13)14-7-12-16-15-9(2)17(12)3/h4-6,14H,7H2,1-3H3. The summed E-state index contributed by atoms with van der Waals surface area (Å²) in [6, 6.07) is 4.95. The van der Waals surface area contributed by atoms with Crippen molar-refractivity contribution in [2.75, 3.05) is 5.32 Å². The van der Waals surface area contributed by atoms with E-state index in [4.69, 9.17) is 0 Å². The molecule has 0 saturated carbocycles. The molecule has 0 aliphatic heterocycles. The van der Waals surface area contributed by atoms with Gasteiger partial charge in [0.15, 0.2) is 5.82 Å². The monoisotopic (exact) mass is 234 g/mol. The Hall–Kier alpha value is -1.91. The topological polar surface area (TPSA) is 42.7 Å². The summed E-state index contributed by atoms with van der Waals surface area (Å²) in [5, 5.41) is 11.2. The van der Waals surface area contributed by atoms with Crippen LogP contribution in [0.5, 0.6) is 0 Å². The zero-order chi connectivity index (χ0) is 12.4. The number of anilines is 1. The van der Waals surface area contributed by atoms with Crippen LogP contribution < -0.4 is 5.32 Å². The lowest BCUT2D eigenvalue weighted by atomic mass is 10.2. The van der Waals surface area contributed by atoms with Crippen LogP contribution in [0.4, 0.5) is 10.1 Å². The molecule has 0 unspecified atom stereocenters. The molecule has 90 valence electrons. The Morgan fingerprint density at radius 2 is 2.06 bits per heavy atom. The van der Waals surface area contributed by atoms with Crippen molar-refractivity contribution in [2.45, 2.75) is 20.4 Å². The number of nitrogens with zero attached hydrogens (tertiary/aromatic N) is 3. The molecule has 1 heterocycles. The number of benzene rings is 1. The maximum Gasteiger partial charge on any atom is 0.152 e. The number of nitrogens with one attached hydrogen (secondary N) is 1. The third-order valence-electron chi connectivity index (χ3n) is 2.79. The first-order chi connectivity index (χ1) is 8.08. The highest BCUT2D eigenvalue weighted by Crippen LogP contribution is 2.14. The van der Waals surface area contributed by atoms with E-state index in [9.17, 15) is 4.39 Å². The Morgan fingerprint density at radius 1 is 1.29 bits per heavy atom. The fraction of sp³-hybridized carbons (Fsp3) is 0.333. The number of hydrogen-bond acceptors (Lipinski definition) is 3. The molecule has 0 aliphatic carbocycles. The lowest BCUT2D eigenvalue weighted by molar-refractivity contribution is 0.618. The van der Waals surface area contributed by atoms with Gasteiger partial charge in [-0.1, -0.05) is 0 Å². The van der Waals surface area contributed by atoms with Crippen LogP contribution in [0, 0.1) is 19.7 Å². The van der Waals surface area contributed by atoms with Gasteiger partial charge in [0.2, 0.25) is 0 Å². The highest BCUT2D eigenvalue weighted by molar-refractivity contribution is 5.45. The van der Waals surface area contributed by atoms with Gasteiger partial charge in [-0.15, -0.1) is 10.2 Å². The van der Waals surface area contributed by atoms with E-state index >= 15 is 0 Å². The van der Waals surface area contributed by atoms with E-state index in [1.165, 1.54) is 6.07 Å². The van der Waals surface area contributed by atoms with Gasteiger partial charge in [-0.05, 0) is 37.6 Å². The zero-order valence-electron chi connectivity index (χ0n) is 10.2. The number of hydrogen-bond donors (Lipinski definition) is 1. The van der Waals surface area contributed by atoms with E-state index in [1.807, 2.05) is 18.5 Å². The quantitative estimate of drug-likeness (QED) is 0.885. The maximum absolute atomic E-state index is 13.1. The van der Waals surface area contributed by atoms with Crippen molar-refractivity contribution in [3.63, 3.8) is 0 Å². The fourth-order valence-corrected chi connectivity index (χ4v) is 1.54. The summed E-state index contributed by atoms with van der Waals surface area (Å²) in [5.74, 6) is 1.53. The van der Waals surface area contributed by atoms with Crippen LogP contribution in [0.3, 0.4) is 0 Å². The van der Waals surface area contributed by atoms with Crippen LogP contribution in [-0.4, -0.2) is 14.8 Å². The SMILES string of the molecule is Cc1cc(NCc2nnc(C)n2C)ccc1F. The number of rotatable bonds is 3. The molecule has 2 aromatic rings. The largest absolute Gasteiger partial charge is 0.378 e. The molecule has 1 aromatic carbocycles. The minimum Gasteiger partial charge on any atom is -0.378 e. The van der Waals surface area contributed by atoms with Crippen molar-refractivity contribution in [1.82, 2.24) is 14.8 Å². The van der Waals surface area contributed by atoms with Crippen molar-refractivity contribution >= 4 is 5.69 Å². The first-order valence-electron chi connectivity index (χ1n) is 5.43. The average Bonchev–Trinajstić information content (AvgIpc) is 2.62. The van der Waals surface area contributed by atoms with Gasteiger partial charge in [0, 0.05) is 12.7 Å². The predicted octanol–water partition coefficient (Wildman–Crippen LogP) is 2.18. The van der Waals surface area contributed by atoms with Crippen molar-refractivity contribution in [1.29, 1.82) is 0 Å². The Labute approximate surface area is 99.5 Å². The minimum absolute atomic E-state index is 0.190. The van der Waals surface area contributed by atoms with Gasteiger partial charge in [-0.2, -0.15) is 0 Å². The van der Waals surface area contributed by atoms with E-state index < -0.39 is 0 Å². The second-order valence-corrected chi connectivity index (χ2v) is 4.04. The van der Waals surface area contributed by atoms with E-state index in [1.54, 1.807) is 19.1 Å². The van der Waals surface area contributed by atoms with Gasteiger partial charge in [-0.3, -0.25) is 0 Å². The number of aryl methyl sites for hydroxylation is 2. The normalized spacial score (nSPS) is 10.6. The molecule has 2 rings (SSSR count). The van der Waals surface area contributed by atoms with E-state index in [-0.39, 0.29) is 5.82 Å². The van der Waals surface area contributed by atoms with Crippen molar-refractivity contribution in [3.05, 3.63) is 41.2 Å². The molecule has 0 spiro atoms. The molecule has 0 fully saturated rings. The highest BCUT2D eigenvalue weighted by Gasteiger charge is 2.04. The smallest absolute Gasteiger partial charge is 0.152 e. The first-order valence-corrected chi connectivity index (χ1v) is 5.43. The third kappa shape index (κ3) is 2.43. The molecule has 0 aliphatic rings. The lowest BCUT2D eigenvalue weighted by Gasteiger charge is -2.07. The number of aromatic nitrogens is 3. The predicted molar refractivity (Wildman–Crippen MR) is 64.2 cm³/mol. The first kappa shape index (κ1) is 11.6. The lowest BCUT2D eigenvalue weighted by Crippen LogP contribution is -2.06. The van der Waals surface area contributed by atoms with Gasteiger partial charge in [-0.25, -0.2) is 4.39 Å². The second kappa shape index (κ2) is 4.53. The Morgan fingerprint density at radius 3 is 2.65 bits per heavy atom. The van der Waals surface area contributed by atoms with Gasteiger partial charge < -0.3 is 9.88 Å². The Bertz CT molecular complexity index is 533. The molecule has 0 radical (unpaired) electrons. The molecule has 5 heteroatoms. The molecule has 0 saturated heterocycles. The molecule has 0 bridgehead atoms. The molecule has 0 amide bonds. The van der Waals surface area contributed by atoms with Crippen LogP contribution in [0.25, 0.3) is 0 Å². The summed E-state index contributed by atoms with van der Waals surface area (Å²) >= 11 is 0. The molecule has 4 nitrogen and oxygen atoms in total. The van der Waals surface area contributed by atoms with E-state index in [2.05, 4.69) is 15.5 Å². The van der Waals surface area contributed by atoms with Crippen molar-refractivity contribution < 1.29 is 4.39 Å². The zero-order valence-corrected chi connectivity index (χ0v) is 10.2. The highest BCUT2D eigenvalue weighted by atomic mass is 19.1. The minimum atomic E-state index is -0.190. The Balaban J connectivity index is 2.07. The summed E-state index contributed by atoms with van der Waals surface area (Å²) in [6.45, 7) is 4.22. The Kier molecular flexibility index (Phi) is 3.08. The van der Waals surface area contributed by atoms with Crippen LogP contribution >= 0.6 is 0 Å². The molecular formula is C12H15FN4. The molecule has 1 N–H and O–H groups in total. The van der Waals surface area contributed by atoms with Crippen molar-refractivity contribution in [2.24, 2.45) is 7.05 Å². The summed E-state index contributed by atoms with van der Waals surface area (Å²) in [5.41, 5.74) is 1.51. The second-order valence-electron chi connectivity index (χ2n) is 4.04. The van der Waals surface area contributed by atoms with Crippen molar-refractivity contribution in [3.8, 4) is 0 Å². The molecule has 1 aromatic heterocycles. The average molecular weight is 234 g/mol. The van der Waals surface area contributed by atoms with Gasteiger partial charge in [0.25, 0.3) is 0 Å². The van der Waals surface area contributed by atoms with Crippen LogP contribution in [0.15, 0.2) is 18.2 Å². The third-order valence-corrected chi connectivity index (χ3v) is 2.79. The maximum atomic E-state index is 13.1. The van der Waals surface area contributed by atoms with Gasteiger partial charge >= 0.3 is 0 Å².